The molecule has 0 saturated heterocycles. The van der Waals surface area contributed by atoms with Crippen LogP contribution < -0.4 is 5.32 Å². The molecule has 0 aromatic heterocycles. The van der Waals surface area contributed by atoms with E-state index in [9.17, 15) is 14.7 Å². The maximum absolute atomic E-state index is 12.2. The molecule has 0 heterocycles. The van der Waals surface area contributed by atoms with E-state index in [4.69, 9.17) is 4.74 Å². The van der Waals surface area contributed by atoms with Crippen LogP contribution in [0.2, 0.25) is 0 Å². The summed E-state index contributed by atoms with van der Waals surface area (Å²) in [5.74, 6) is -1.52. The van der Waals surface area contributed by atoms with Gasteiger partial charge in [-0.15, -0.1) is 6.58 Å². The fraction of sp³-hybridized carbons (Fsp3) is 0.474. The number of allylic oxidation sites excluding steroid dienone is 1. The smallest absolute Gasteiger partial charge is 0.326 e. The Morgan fingerprint density at radius 1 is 1.29 bits per heavy atom. The molecule has 0 spiro atoms. The van der Waals surface area contributed by atoms with Gasteiger partial charge >= 0.3 is 5.97 Å². The summed E-state index contributed by atoms with van der Waals surface area (Å²) in [6.07, 6.45) is 2.09. The van der Waals surface area contributed by atoms with Crippen molar-refractivity contribution in [3.05, 3.63) is 48.6 Å². The molecule has 0 saturated carbocycles. The molecule has 0 aliphatic heterocycles. The van der Waals surface area contributed by atoms with E-state index < -0.39 is 12.0 Å². The zero-order valence-corrected chi connectivity index (χ0v) is 14.6. The number of nitrogens with one attached hydrogen (secondary N) is 1. The summed E-state index contributed by atoms with van der Waals surface area (Å²) in [6.45, 7) is 9.73. The monoisotopic (exact) mass is 333 g/mol. The van der Waals surface area contributed by atoms with Crippen LogP contribution in [0, 0.1) is 0 Å². The highest BCUT2D eigenvalue weighted by Crippen LogP contribution is 2.20. The summed E-state index contributed by atoms with van der Waals surface area (Å²) in [5.41, 5.74) is 0.638. The fourth-order valence-corrected chi connectivity index (χ4v) is 2.23. The Hall–Kier alpha value is -2.14. The van der Waals surface area contributed by atoms with Gasteiger partial charge in [-0.05, 0) is 26.3 Å². The topological polar surface area (TPSA) is 75.6 Å². The molecule has 24 heavy (non-hydrogen) atoms. The van der Waals surface area contributed by atoms with E-state index in [1.54, 1.807) is 6.08 Å². The molecule has 2 atom stereocenters. The van der Waals surface area contributed by atoms with Gasteiger partial charge in [0.25, 0.3) is 0 Å². The number of carbonyl (C=O) groups excluding carboxylic acids is 1. The summed E-state index contributed by atoms with van der Waals surface area (Å²) in [7, 11) is 0. The van der Waals surface area contributed by atoms with Crippen LogP contribution in [0.5, 0.6) is 0 Å². The maximum Gasteiger partial charge on any atom is 0.326 e. The van der Waals surface area contributed by atoms with Gasteiger partial charge < -0.3 is 15.2 Å². The number of carboxylic acids is 1. The van der Waals surface area contributed by atoms with Gasteiger partial charge in [-0.2, -0.15) is 0 Å². The van der Waals surface area contributed by atoms with E-state index >= 15 is 0 Å². The van der Waals surface area contributed by atoms with Crippen molar-refractivity contribution in [2.75, 3.05) is 6.61 Å². The van der Waals surface area contributed by atoms with Crippen LogP contribution in [-0.4, -0.2) is 35.2 Å². The molecule has 2 unspecified atom stereocenters. The number of aliphatic carboxylic acids is 1. The van der Waals surface area contributed by atoms with Crippen LogP contribution >= 0.6 is 0 Å². The molecule has 0 radical (unpaired) electrons. The van der Waals surface area contributed by atoms with E-state index in [1.807, 2.05) is 51.1 Å². The highest BCUT2D eigenvalue weighted by molar-refractivity contribution is 5.84. The predicted molar refractivity (Wildman–Crippen MR) is 93.9 cm³/mol. The zero-order chi connectivity index (χ0) is 18.2. The van der Waals surface area contributed by atoms with E-state index in [0.29, 0.717) is 0 Å². The maximum atomic E-state index is 12.2. The normalized spacial score (nSPS) is 13.8. The number of amides is 1. The van der Waals surface area contributed by atoms with Crippen molar-refractivity contribution in [1.29, 1.82) is 0 Å². The Bertz CT molecular complexity index is 548. The van der Waals surface area contributed by atoms with Crippen molar-refractivity contribution < 1.29 is 19.4 Å². The van der Waals surface area contributed by atoms with Crippen molar-refractivity contribution >= 4 is 11.9 Å². The summed E-state index contributed by atoms with van der Waals surface area (Å²) >= 11 is 0. The van der Waals surface area contributed by atoms with E-state index in [1.165, 1.54) is 0 Å². The summed E-state index contributed by atoms with van der Waals surface area (Å²) in [4.78, 5) is 23.5. The minimum Gasteiger partial charge on any atom is -0.480 e. The largest absolute Gasteiger partial charge is 0.480 e. The Kier molecular flexibility index (Phi) is 7.65. The lowest BCUT2D eigenvalue weighted by Crippen LogP contribution is -2.42. The van der Waals surface area contributed by atoms with Gasteiger partial charge in [0.2, 0.25) is 5.91 Å². The standard InChI is InChI=1S/C19H27NO4/c1-5-14(15-9-7-6-8-10-15)13-17(21)20-16(18(22)23)11-12-24-19(2,3)4/h5-10,14,16H,1,11-13H2,2-4H3,(H,20,21)(H,22,23). The Morgan fingerprint density at radius 3 is 2.42 bits per heavy atom. The van der Waals surface area contributed by atoms with Gasteiger partial charge in [0, 0.05) is 25.4 Å². The van der Waals surface area contributed by atoms with Crippen LogP contribution in [0.15, 0.2) is 43.0 Å². The molecule has 1 amide bonds. The second-order valence-electron chi connectivity index (χ2n) is 6.66. The molecule has 0 fully saturated rings. The number of hydrogen-bond acceptors (Lipinski definition) is 3. The average Bonchev–Trinajstić information content (AvgIpc) is 2.51. The minimum atomic E-state index is -1.06. The summed E-state index contributed by atoms with van der Waals surface area (Å²) < 4.78 is 5.53. The highest BCUT2D eigenvalue weighted by Gasteiger charge is 2.22. The van der Waals surface area contributed by atoms with E-state index in [0.717, 1.165) is 5.56 Å². The highest BCUT2D eigenvalue weighted by atomic mass is 16.5. The number of carboxylic acid groups (broad SMARTS) is 1. The molecule has 2 N–H and O–H groups in total. The second kappa shape index (κ2) is 9.23. The van der Waals surface area contributed by atoms with Gasteiger partial charge in [-0.25, -0.2) is 4.79 Å². The van der Waals surface area contributed by atoms with E-state index in [-0.39, 0.29) is 36.9 Å². The first-order chi connectivity index (χ1) is 11.2. The molecular formula is C19H27NO4. The van der Waals surface area contributed by atoms with Crippen LogP contribution in [0.25, 0.3) is 0 Å². The molecule has 0 bridgehead atoms. The Morgan fingerprint density at radius 2 is 1.92 bits per heavy atom. The van der Waals surface area contributed by atoms with Crippen molar-refractivity contribution in [2.45, 2.75) is 51.2 Å². The molecule has 5 heteroatoms. The minimum absolute atomic E-state index is 0.147. The number of hydrogen-bond donors (Lipinski definition) is 2. The van der Waals surface area contributed by atoms with Crippen LogP contribution in [-0.2, 0) is 14.3 Å². The summed E-state index contributed by atoms with van der Waals surface area (Å²) in [5, 5.41) is 11.8. The van der Waals surface area contributed by atoms with E-state index in [2.05, 4.69) is 11.9 Å². The van der Waals surface area contributed by atoms with Gasteiger partial charge in [0.1, 0.15) is 6.04 Å². The van der Waals surface area contributed by atoms with Crippen molar-refractivity contribution in [1.82, 2.24) is 5.32 Å². The third kappa shape index (κ3) is 7.42. The zero-order valence-electron chi connectivity index (χ0n) is 14.6. The first kappa shape index (κ1) is 19.9. The summed E-state index contributed by atoms with van der Waals surface area (Å²) in [6, 6.07) is 8.58. The van der Waals surface area contributed by atoms with Crippen LogP contribution in [0.4, 0.5) is 0 Å². The SMILES string of the molecule is C=CC(CC(=O)NC(CCOC(C)(C)C)C(=O)O)c1ccccc1. The molecule has 132 valence electrons. The number of rotatable bonds is 9. The number of benzene rings is 1. The second-order valence-corrected chi connectivity index (χ2v) is 6.66. The third-order valence-corrected chi connectivity index (χ3v) is 3.49. The lowest BCUT2D eigenvalue weighted by atomic mass is 9.95. The number of ether oxygens (including phenoxy) is 1. The van der Waals surface area contributed by atoms with Gasteiger partial charge in [-0.3, -0.25) is 4.79 Å². The lowest BCUT2D eigenvalue weighted by molar-refractivity contribution is -0.142. The molecule has 1 aromatic carbocycles. The quantitative estimate of drug-likeness (QED) is 0.681. The van der Waals surface area contributed by atoms with Crippen LogP contribution in [0.3, 0.4) is 0 Å². The average molecular weight is 333 g/mol. The number of carbonyl (C=O) groups is 2. The Labute approximate surface area is 143 Å². The molecule has 1 aromatic rings. The molecular weight excluding hydrogens is 306 g/mol. The van der Waals surface area contributed by atoms with Crippen molar-refractivity contribution in [2.24, 2.45) is 0 Å². The lowest BCUT2D eigenvalue weighted by Gasteiger charge is -2.22. The first-order valence-electron chi connectivity index (χ1n) is 8.06. The first-order valence-corrected chi connectivity index (χ1v) is 8.06. The predicted octanol–water partition coefficient (Wildman–Crippen LogP) is 3.12. The molecule has 5 nitrogen and oxygen atoms in total. The van der Waals surface area contributed by atoms with Crippen LogP contribution in [0.1, 0.15) is 45.1 Å². The molecule has 1 rings (SSSR count). The fourth-order valence-electron chi connectivity index (χ4n) is 2.23. The Balaban J connectivity index is 2.58. The molecule has 0 aliphatic carbocycles. The van der Waals surface area contributed by atoms with Gasteiger partial charge in [0.05, 0.1) is 5.60 Å². The van der Waals surface area contributed by atoms with Gasteiger partial charge in [-0.1, -0.05) is 36.4 Å². The van der Waals surface area contributed by atoms with Crippen molar-refractivity contribution in [3.8, 4) is 0 Å². The third-order valence-electron chi connectivity index (χ3n) is 3.49. The molecule has 0 aliphatic rings. The van der Waals surface area contributed by atoms with Crippen molar-refractivity contribution in [3.63, 3.8) is 0 Å². The van der Waals surface area contributed by atoms with Gasteiger partial charge in [0.15, 0.2) is 0 Å².